The third-order valence-electron chi connectivity index (χ3n) is 3.82. The second-order valence-corrected chi connectivity index (χ2v) is 6.49. The summed E-state index contributed by atoms with van der Waals surface area (Å²) in [4.78, 5) is 0. The van der Waals surface area contributed by atoms with Gasteiger partial charge in [-0.25, -0.2) is 0 Å². The molecule has 0 radical (unpaired) electrons. The highest BCUT2D eigenvalue weighted by atomic mass is 16.6. The summed E-state index contributed by atoms with van der Waals surface area (Å²) in [6, 6.07) is 6.84. The Morgan fingerprint density at radius 2 is 1.85 bits per heavy atom. The molecule has 0 saturated heterocycles. The highest BCUT2D eigenvalue weighted by molar-refractivity contribution is 5.43. The maximum atomic E-state index is 5.65. The molecule has 1 aromatic carbocycles. The lowest BCUT2D eigenvalue weighted by Crippen LogP contribution is -2.40. The Labute approximate surface area is 122 Å². The van der Waals surface area contributed by atoms with Gasteiger partial charge in [0.05, 0.1) is 0 Å². The first-order valence-electron chi connectivity index (χ1n) is 7.62. The summed E-state index contributed by atoms with van der Waals surface area (Å²) in [5.74, 6) is 1.77. The minimum absolute atomic E-state index is 0.282. The van der Waals surface area contributed by atoms with Gasteiger partial charge >= 0.3 is 0 Å². The van der Waals surface area contributed by atoms with E-state index in [9.17, 15) is 0 Å². The predicted octanol–water partition coefficient (Wildman–Crippen LogP) is 3.41. The van der Waals surface area contributed by atoms with Gasteiger partial charge in [-0.3, -0.25) is 0 Å². The maximum Gasteiger partial charge on any atom is 0.161 e. The normalized spacial score (nSPS) is 16.0. The van der Waals surface area contributed by atoms with E-state index < -0.39 is 0 Å². The molecule has 1 aromatic rings. The van der Waals surface area contributed by atoms with Crippen LogP contribution in [-0.2, 0) is 6.42 Å². The summed E-state index contributed by atoms with van der Waals surface area (Å²) in [5.41, 5.74) is 1.60. The van der Waals surface area contributed by atoms with Crippen molar-refractivity contribution < 1.29 is 9.47 Å². The van der Waals surface area contributed by atoms with Crippen molar-refractivity contribution in [2.45, 2.75) is 46.6 Å². The highest BCUT2D eigenvalue weighted by Crippen LogP contribution is 2.31. The van der Waals surface area contributed by atoms with Crippen LogP contribution in [0.25, 0.3) is 0 Å². The molecule has 20 heavy (non-hydrogen) atoms. The molecule has 112 valence electrons. The standard InChI is InChI=1S/C17H27NO2/c1-5-18-16(17(2,3)4)9-7-13-6-8-14-15(12-13)20-11-10-19-14/h6,8,12,16,18H,5,7,9-11H2,1-4H3. The van der Waals surface area contributed by atoms with Gasteiger partial charge in [0.25, 0.3) is 0 Å². The Hall–Kier alpha value is -1.22. The SMILES string of the molecule is CCNC(CCc1ccc2c(c1)OCCO2)C(C)(C)C. The lowest BCUT2D eigenvalue weighted by atomic mass is 9.83. The number of nitrogens with one attached hydrogen (secondary N) is 1. The molecule has 0 aromatic heterocycles. The molecule has 1 N–H and O–H groups in total. The Morgan fingerprint density at radius 1 is 1.15 bits per heavy atom. The predicted molar refractivity (Wildman–Crippen MR) is 82.7 cm³/mol. The summed E-state index contributed by atoms with van der Waals surface area (Å²) in [6.07, 6.45) is 2.20. The molecule has 1 aliphatic rings. The first-order valence-corrected chi connectivity index (χ1v) is 7.62. The fraction of sp³-hybridized carbons (Fsp3) is 0.647. The minimum Gasteiger partial charge on any atom is -0.486 e. The molecule has 0 fully saturated rings. The Balaban J connectivity index is 1.99. The average molecular weight is 277 g/mol. The fourth-order valence-corrected chi connectivity index (χ4v) is 2.64. The van der Waals surface area contributed by atoms with Gasteiger partial charge < -0.3 is 14.8 Å². The minimum atomic E-state index is 0.282. The van der Waals surface area contributed by atoms with E-state index in [1.807, 2.05) is 6.07 Å². The van der Waals surface area contributed by atoms with Crippen molar-refractivity contribution in [2.24, 2.45) is 5.41 Å². The van der Waals surface area contributed by atoms with Crippen LogP contribution in [0.15, 0.2) is 18.2 Å². The second kappa shape index (κ2) is 6.49. The van der Waals surface area contributed by atoms with Crippen molar-refractivity contribution in [1.29, 1.82) is 0 Å². The fourth-order valence-electron chi connectivity index (χ4n) is 2.64. The lowest BCUT2D eigenvalue weighted by molar-refractivity contribution is 0.171. The zero-order valence-electron chi connectivity index (χ0n) is 13.2. The number of ether oxygens (including phenoxy) is 2. The zero-order valence-corrected chi connectivity index (χ0v) is 13.2. The topological polar surface area (TPSA) is 30.5 Å². The van der Waals surface area contributed by atoms with Crippen molar-refractivity contribution in [3.63, 3.8) is 0 Å². The van der Waals surface area contributed by atoms with Gasteiger partial charge in [-0.2, -0.15) is 0 Å². The molecule has 1 aliphatic heterocycles. The summed E-state index contributed by atoms with van der Waals surface area (Å²) in [6.45, 7) is 11.4. The number of rotatable bonds is 5. The molecule has 1 unspecified atom stereocenters. The zero-order chi connectivity index (χ0) is 14.6. The quantitative estimate of drug-likeness (QED) is 0.894. The molecule has 0 spiro atoms. The van der Waals surface area contributed by atoms with Gasteiger partial charge in [-0.1, -0.05) is 33.8 Å². The van der Waals surface area contributed by atoms with Crippen LogP contribution in [-0.4, -0.2) is 25.8 Å². The molecule has 2 rings (SSSR count). The number of hydrogen-bond acceptors (Lipinski definition) is 3. The summed E-state index contributed by atoms with van der Waals surface area (Å²) in [7, 11) is 0. The van der Waals surface area contributed by atoms with Crippen LogP contribution in [0.3, 0.4) is 0 Å². The molecule has 3 heteroatoms. The van der Waals surface area contributed by atoms with Gasteiger partial charge in [0.2, 0.25) is 0 Å². The van der Waals surface area contributed by atoms with Crippen molar-refractivity contribution in [1.82, 2.24) is 5.32 Å². The Bertz CT molecular complexity index is 437. The van der Waals surface area contributed by atoms with Crippen LogP contribution in [0.5, 0.6) is 11.5 Å². The molecule has 0 amide bonds. The van der Waals surface area contributed by atoms with E-state index in [-0.39, 0.29) is 5.41 Å². The molecule has 0 bridgehead atoms. The van der Waals surface area contributed by atoms with Crippen molar-refractivity contribution in [3.8, 4) is 11.5 Å². The smallest absolute Gasteiger partial charge is 0.161 e. The highest BCUT2D eigenvalue weighted by Gasteiger charge is 2.23. The van der Waals surface area contributed by atoms with E-state index in [1.165, 1.54) is 5.56 Å². The molecular weight excluding hydrogens is 250 g/mol. The average Bonchev–Trinajstić information content (AvgIpc) is 2.42. The molecular formula is C17H27NO2. The van der Waals surface area contributed by atoms with Gasteiger partial charge in [-0.15, -0.1) is 0 Å². The van der Waals surface area contributed by atoms with E-state index in [1.54, 1.807) is 0 Å². The lowest BCUT2D eigenvalue weighted by Gasteiger charge is -2.31. The molecule has 0 saturated carbocycles. The van der Waals surface area contributed by atoms with Crippen LogP contribution >= 0.6 is 0 Å². The number of benzene rings is 1. The summed E-state index contributed by atoms with van der Waals surface area (Å²) < 4.78 is 11.2. The number of fused-ring (bicyclic) bond motifs is 1. The van der Waals surface area contributed by atoms with E-state index in [4.69, 9.17) is 9.47 Å². The summed E-state index contributed by atoms with van der Waals surface area (Å²) in [5, 5.41) is 3.60. The van der Waals surface area contributed by atoms with Crippen LogP contribution in [0.2, 0.25) is 0 Å². The Morgan fingerprint density at radius 3 is 2.50 bits per heavy atom. The third-order valence-corrected chi connectivity index (χ3v) is 3.82. The van der Waals surface area contributed by atoms with Crippen LogP contribution in [0.1, 0.15) is 39.7 Å². The van der Waals surface area contributed by atoms with E-state index >= 15 is 0 Å². The molecule has 0 aliphatic carbocycles. The van der Waals surface area contributed by atoms with E-state index in [0.717, 1.165) is 30.9 Å². The Kier molecular flexibility index (Phi) is 4.92. The number of hydrogen-bond donors (Lipinski definition) is 1. The van der Waals surface area contributed by atoms with E-state index in [0.29, 0.717) is 19.3 Å². The molecule has 3 nitrogen and oxygen atoms in total. The molecule has 1 atom stereocenters. The second-order valence-electron chi connectivity index (χ2n) is 6.49. The monoisotopic (exact) mass is 277 g/mol. The van der Waals surface area contributed by atoms with Crippen molar-refractivity contribution >= 4 is 0 Å². The van der Waals surface area contributed by atoms with Gasteiger partial charge in [0.15, 0.2) is 11.5 Å². The number of aryl methyl sites for hydroxylation is 1. The van der Waals surface area contributed by atoms with Gasteiger partial charge in [0.1, 0.15) is 13.2 Å². The van der Waals surface area contributed by atoms with Gasteiger partial charge in [-0.05, 0) is 42.5 Å². The first-order chi connectivity index (χ1) is 9.50. The van der Waals surface area contributed by atoms with Crippen LogP contribution in [0.4, 0.5) is 0 Å². The van der Waals surface area contributed by atoms with Crippen LogP contribution < -0.4 is 14.8 Å². The van der Waals surface area contributed by atoms with Gasteiger partial charge in [0, 0.05) is 6.04 Å². The largest absolute Gasteiger partial charge is 0.486 e. The first kappa shape index (κ1) is 15.2. The van der Waals surface area contributed by atoms with Crippen molar-refractivity contribution in [2.75, 3.05) is 19.8 Å². The third kappa shape index (κ3) is 3.89. The summed E-state index contributed by atoms with van der Waals surface area (Å²) >= 11 is 0. The molecule has 1 heterocycles. The van der Waals surface area contributed by atoms with Crippen molar-refractivity contribution in [3.05, 3.63) is 23.8 Å². The maximum absolute atomic E-state index is 5.65. The van der Waals surface area contributed by atoms with Crippen LogP contribution in [0, 0.1) is 5.41 Å². The van der Waals surface area contributed by atoms with E-state index in [2.05, 4.69) is 45.1 Å².